The number of benzene rings is 2. The van der Waals surface area contributed by atoms with Crippen molar-refractivity contribution in [3.63, 3.8) is 0 Å². The third-order valence-electron chi connectivity index (χ3n) is 4.68. The molecule has 9 heteroatoms. The Morgan fingerprint density at radius 3 is 2.56 bits per heavy atom. The third-order valence-corrected chi connectivity index (χ3v) is 5.62. The number of aromatic nitrogens is 3. The SMILES string of the molecule is COCCOc1cc(NC(=O)CSc2nncn2-c2ccc(C(C)C)cc2)ccc1OC. The molecule has 170 valence electrons. The van der Waals surface area contributed by atoms with Gasteiger partial charge in [-0.1, -0.05) is 37.7 Å². The summed E-state index contributed by atoms with van der Waals surface area (Å²) in [7, 11) is 3.18. The monoisotopic (exact) mass is 456 g/mol. The zero-order chi connectivity index (χ0) is 22.9. The van der Waals surface area contributed by atoms with Crippen molar-refractivity contribution in [3.05, 3.63) is 54.4 Å². The van der Waals surface area contributed by atoms with Crippen molar-refractivity contribution < 1.29 is 19.0 Å². The Bertz CT molecular complexity index is 1020. The summed E-state index contributed by atoms with van der Waals surface area (Å²) in [4.78, 5) is 12.5. The molecular weight excluding hydrogens is 428 g/mol. The molecule has 0 fully saturated rings. The van der Waals surface area contributed by atoms with Gasteiger partial charge in [0.25, 0.3) is 0 Å². The van der Waals surface area contributed by atoms with Crippen LogP contribution >= 0.6 is 11.8 Å². The minimum Gasteiger partial charge on any atom is -0.493 e. The molecule has 2 aromatic carbocycles. The van der Waals surface area contributed by atoms with Crippen molar-refractivity contribution in [2.24, 2.45) is 0 Å². The molecule has 0 atom stereocenters. The number of carbonyl (C=O) groups excluding carboxylic acids is 1. The predicted molar refractivity (Wildman–Crippen MR) is 125 cm³/mol. The molecule has 0 aliphatic carbocycles. The van der Waals surface area contributed by atoms with Gasteiger partial charge in [0.05, 0.1) is 19.5 Å². The van der Waals surface area contributed by atoms with Crippen LogP contribution in [-0.4, -0.2) is 53.9 Å². The molecule has 0 spiro atoms. The van der Waals surface area contributed by atoms with E-state index < -0.39 is 0 Å². The quantitative estimate of drug-likeness (QED) is 0.342. The highest BCUT2D eigenvalue weighted by Gasteiger charge is 2.12. The summed E-state index contributed by atoms with van der Waals surface area (Å²) in [6, 6.07) is 13.5. The maximum atomic E-state index is 12.5. The molecule has 0 radical (unpaired) electrons. The van der Waals surface area contributed by atoms with E-state index in [1.54, 1.807) is 38.7 Å². The van der Waals surface area contributed by atoms with Gasteiger partial charge in [-0.3, -0.25) is 9.36 Å². The Hall–Kier alpha value is -3.04. The molecule has 0 aliphatic heterocycles. The average molecular weight is 457 g/mol. The van der Waals surface area contributed by atoms with Crippen LogP contribution in [0.4, 0.5) is 5.69 Å². The van der Waals surface area contributed by atoms with Crippen LogP contribution in [0.25, 0.3) is 5.69 Å². The minimum atomic E-state index is -0.160. The van der Waals surface area contributed by atoms with E-state index in [1.807, 2.05) is 16.7 Å². The smallest absolute Gasteiger partial charge is 0.234 e. The van der Waals surface area contributed by atoms with E-state index in [0.29, 0.717) is 41.5 Å². The molecule has 8 nitrogen and oxygen atoms in total. The van der Waals surface area contributed by atoms with Crippen LogP contribution in [0.5, 0.6) is 11.5 Å². The second kappa shape index (κ2) is 11.5. The molecule has 1 heterocycles. The Balaban J connectivity index is 1.61. The first-order valence-corrected chi connectivity index (χ1v) is 11.2. The molecule has 1 N–H and O–H groups in total. The van der Waals surface area contributed by atoms with Gasteiger partial charge in [-0.2, -0.15) is 0 Å². The zero-order valence-corrected chi connectivity index (χ0v) is 19.5. The van der Waals surface area contributed by atoms with Crippen LogP contribution in [-0.2, 0) is 9.53 Å². The molecular formula is C23H28N4O4S. The molecule has 1 amide bonds. The summed E-state index contributed by atoms with van der Waals surface area (Å²) in [5, 5.41) is 11.7. The summed E-state index contributed by atoms with van der Waals surface area (Å²) >= 11 is 1.32. The van der Waals surface area contributed by atoms with E-state index >= 15 is 0 Å². The Labute approximate surface area is 192 Å². The number of nitrogens with one attached hydrogen (secondary N) is 1. The molecule has 0 saturated heterocycles. The van der Waals surface area contributed by atoms with Crippen molar-refractivity contribution in [3.8, 4) is 17.2 Å². The number of anilines is 1. The highest BCUT2D eigenvalue weighted by Crippen LogP contribution is 2.30. The molecule has 3 rings (SSSR count). The zero-order valence-electron chi connectivity index (χ0n) is 18.7. The molecule has 32 heavy (non-hydrogen) atoms. The van der Waals surface area contributed by atoms with Gasteiger partial charge >= 0.3 is 0 Å². The van der Waals surface area contributed by atoms with Crippen LogP contribution in [0.3, 0.4) is 0 Å². The second-order valence-electron chi connectivity index (χ2n) is 7.27. The normalized spacial score (nSPS) is 10.9. The van der Waals surface area contributed by atoms with Gasteiger partial charge in [0, 0.05) is 24.6 Å². The molecule has 1 aromatic heterocycles. The van der Waals surface area contributed by atoms with Crippen LogP contribution in [0.15, 0.2) is 53.9 Å². The van der Waals surface area contributed by atoms with Gasteiger partial charge in [0.2, 0.25) is 5.91 Å². The topological polar surface area (TPSA) is 87.5 Å². The molecule has 0 bridgehead atoms. The van der Waals surface area contributed by atoms with E-state index in [0.717, 1.165) is 5.69 Å². The van der Waals surface area contributed by atoms with Gasteiger partial charge in [-0.25, -0.2) is 0 Å². The maximum Gasteiger partial charge on any atom is 0.234 e. The fourth-order valence-electron chi connectivity index (χ4n) is 2.95. The summed E-state index contributed by atoms with van der Waals surface area (Å²) in [6.45, 7) is 5.15. The Morgan fingerprint density at radius 1 is 1.09 bits per heavy atom. The number of thioether (sulfide) groups is 1. The van der Waals surface area contributed by atoms with Crippen molar-refractivity contribution in [2.45, 2.75) is 24.9 Å². The van der Waals surface area contributed by atoms with Crippen molar-refractivity contribution in [2.75, 3.05) is 38.5 Å². The van der Waals surface area contributed by atoms with Crippen LogP contribution < -0.4 is 14.8 Å². The number of amides is 1. The predicted octanol–water partition coefficient (Wildman–Crippen LogP) is 4.16. The summed E-state index contributed by atoms with van der Waals surface area (Å²) in [5.74, 6) is 1.62. The fraction of sp³-hybridized carbons (Fsp3) is 0.348. The van der Waals surface area contributed by atoms with E-state index in [9.17, 15) is 4.79 Å². The van der Waals surface area contributed by atoms with Crippen molar-refractivity contribution >= 4 is 23.4 Å². The number of hydrogen-bond donors (Lipinski definition) is 1. The minimum absolute atomic E-state index is 0.160. The molecule has 0 unspecified atom stereocenters. The lowest BCUT2D eigenvalue weighted by atomic mass is 10.0. The molecule has 3 aromatic rings. The Morgan fingerprint density at radius 2 is 1.88 bits per heavy atom. The first-order chi connectivity index (χ1) is 15.5. The number of hydrogen-bond acceptors (Lipinski definition) is 7. The average Bonchev–Trinajstić information content (AvgIpc) is 3.27. The van der Waals surface area contributed by atoms with E-state index in [1.165, 1.54) is 17.3 Å². The first-order valence-electron chi connectivity index (χ1n) is 10.2. The van der Waals surface area contributed by atoms with Gasteiger partial charge in [-0.15, -0.1) is 10.2 Å². The summed E-state index contributed by atoms with van der Waals surface area (Å²) in [6.07, 6.45) is 1.65. The summed E-state index contributed by atoms with van der Waals surface area (Å²) in [5.41, 5.74) is 2.84. The first kappa shape index (κ1) is 23.6. The van der Waals surface area contributed by atoms with Crippen LogP contribution in [0.1, 0.15) is 25.3 Å². The number of ether oxygens (including phenoxy) is 3. The second-order valence-corrected chi connectivity index (χ2v) is 8.22. The maximum absolute atomic E-state index is 12.5. The summed E-state index contributed by atoms with van der Waals surface area (Å²) < 4.78 is 17.9. The fourth-order valence-corrected chi connectivity index (χ4v) is 3.68. The third kappa shape index (κ3) is 6.24. The van der Waals surface area contributed by atoms with Gasteiger partial charge in [0.15, 0.2) is 16.7 Å². The van der Waals surface area contributed by atoms with Gasteiger partial charge in [-0.05, 0) is 35.7 Å². The Kier molecular flexibility index (Phi) is 8.52. The van der Waals surface area contributed by atoms with E-state index in [2.05, 4.69) is 41.5 Å². The van der Waals surface area contributed by atoms with Crippen LogP contribution in [0, 0.1) is 0 Å². The molecule has 0 aliphatic rings. The van der Waals surface area contributed by atoms with Gasteiger partial charge < -0.3 is 19.5 Å². The van der Waals surface area contributed by atoms with Gasteiger partial charge in [0.1, 0.15) is 12.9 Å². The lowest BCUT2D eigenvalue weighted by molar-refractivity contribution is -0.113. The van der Waals surface area contributed by atoms with Crippen molar-refractivity contribution in [1.29, 1.82) is 0 Å². The molecule has 0 saturated carbocycles. The highest BCUT2D eigenvalue weighted by molar-refractivity contribution is 7.99. The number of carbonyl (C=O) groups is 1. The van der Waals surface area contributed by atoms with E-state index in [-0.39, 0.29) is 11.7 Å². The largest absolute Gasteiger partial charge is 0.493 e. The standard InChI is InChI=1S/C23H28N4O4S/c1-16(2)17-5-8-19(9-6-17)27-15-24-26-23(27)32-14-22(28)25-18-7-10-20(30-4)21(13-18)31-12-11-29-3/h5-10,13,15-16H,11-12,14H2,1-4H3,(H,25,28). The van der Waals surface area contributed by atoms with Crippen molar-refractivity contribution in [1.82, 2.24) is 14.8 Å². The lowest BCUT2D eigenvalue weighted by Gasteiger charge is -2.13. The number of rotatable bonds is 11. The lowest BCUT2D eigenvalue weighted by Crippen LogP contribution is -2.15. The number of nitrogens with zero attached hydrogens (tertiary/aromatic N) is 3. The highest BCUT2D eigenvalue weighted by atomic mass is 32.2. The number of methoxy groups -OCH3 is 2. The van der Waals surface area contributed by atoms with Crippen LogP contribution in [0.2, 0.25) is 0 Å². The van der Waals surface area contributed by atoms with E-state index in [4.69, 9.17) is 14.2 Å².